The molecule has 0 bridgehead atoms. The number of nitrogens with one attached hydrogen (secondary N) is 2. The third-order valence-electron chi connectivity index (χ3n) is 5.45. The number of imide groups is 2. The maximum Gasteiger partial charge on any atom is 0.335 e. The average molecular weight is 583 g/mol. The first-order valence-electron chi connectivity index (χ1n) is 11.1. The van der Waals surface area contributed by atoms with Gasteiger partial charge in [-0.1, -0.05) is 45.7 Å². The fourth-order valence-corrected chi connectivity index (χ4v) is 4.15. The molecule has 1 saturated heterocycles. The molecule has 8 nitrogen and oxygen atoms in total. The molecule has 0 aromatic heterocycles. The van der Waals surface area contributed by atoms with Crippen LogP contribution in [0, 0.1) is 13.8 Å². The van der Waals surface area contributed by atoms with Gasteiger partial charge in [0.1, 0.15) is 11.3 Å². The second kappa shape index (κ2) is 11.0. The fraction of sp³-hybridized carbons (Fsp3) is 0.111. The van der Waals surface area contributed by atoms with Crippen LogP contribution in [0.4, 0.5) is 16.2 Å². The first-order chi connectivity index (χ1) is 17.6. The Bertz CT molecular complexity index is 1470. The predicted molar refractivity (Wildman–Crippen MR) is 145 cm³/mol. The Hall–Kier alpha value is -3.95. The quantitative estimate of drug-likeness (QED) is 0.299. The summed E-state index contributed by atoms with van der Waals surface area (Å²) in [5, 5.41) is 5.30. The largest absolute Gasteiger partial charge is 0.483 e. The summed E-state index contributed by atoms with van der Waals surface area (Å²) < 4.78 is 6.36. The molecule has 0 unspecified atom stereocenters. The lowest BCUT2D eigenvalue weighted by atomic mass is 10.1. The molecule has 2 N–H and O–H groups in total. The molecule has 10 heteroatoms. The minimum absolute atomic E-state index is 0.218. The van der Waals surface area contributed by atoms with Crippen molar-refractivity contribution in [2.75, 3.05) is 16.8 Å². The maximum atomic E-state index is 13.3. The van der Waals surface area contributed by atoms with Crippen molar-refractivity contribution < 1.29 is 23.9 Å². The molecule has 1 heterocycles. The number of rotatable bonds is 6. The van der Waals surface area contributed by atoms with Gasteiger partial charge in [-0.15, -0.1) is 0 Å². The highest BCUT2D eigenvalue weighted by molar-refractivity contribution is 9.10. The van der Waals surface area contributed by atoms with Crippen molar-refractivity contribution in [3.63, 3.8) is 0 Å². The van der Waals surface area contributed by atoms with E-state index >= 15 is 0 Å². The van der Waals surface area contributed by atoms with Crippen molar-refractivity contribution in [1.29, 1.82) is 0 Å². The summed E-state index contributed by atoms with van der Waals surface area (Å²) in [7, 11) is 0. The first-order valence-corrected chi connectivity index (χ1v) is 12.3. The normalized spacial score (nSPS) is 14.5. The number of halogens is 2. The summed E-state index contributed by atoms with van der Waals surface area (Å²) in [5.41, 5.74) is 2.68. The number of carbonyl (C=O) groups excluding carboxylic acids is 4. The van der Waals surface area contributed by atoms with Gasteiger partial charge in [-0.25, -0.2) is 9.69 Å². The van der Waals surface area contributed by atoms with Crippen LogP contribution in [-0.4, -0.2) is 30.4 Å². The van der Waals surface area contributed by atoms with E-state index in [0.29, 0.717) is 20.7 Å². The zero-order valence-corrected chi connectivity index (χ0v) is 22.1. The van der Waals surface area contributed by atoms with Crippen molar-refractivity contribution >= 4 is 68.7 Å². The summed E-state index contributed by atoms with van der Waals surface area (Å²) in [6.07, 6.45) is 1.31. The van der Waals surface area contributed by atoms with Gasteiger partial charge in [0.2, 0.25) is 0 Å². The fourth-order valence-electron chi connectivity index (χ4n) is 3.60. The van der Waals surface area contributed by atoms with Gasteiger partial charge in [-0.3, -0.25) is 19.7 Å². The van der Waals surface area contributed by atoms with Crippen LogP contribution in [0.5, 0.6) is 5.75 Å². The van der Waals surface area contributed by atoms with E-state index in [1.165, 1.54) is 12.1 Å². The second-order valence-corrected chi connectivity index (χ2v) is 9.60. The van der Waals surface area contributed by atoms with Crippen LogP contribution < -0.4 is 20.3 Å². The van der Waals surface area contributed by atoms with Gasteiger partial charge in [-0.2, -0.15) is 0 Å². The van der Waals surface area contributed by atoms with Gasteiger partial charge in [0.05, 0.1) is 5.69 Å². The zero-order valence-electron chi connectivity index (χ0n) is 19.8. The number of barbiturate groups is 1. The molecule has 0 aliphatic carbocycles. The third-order valence-corrected chi connectivity index (χ3v) is 6.35. The Morgan fingerprint density at radius 1 is 1.08 bits per heavy atom. The van der Waals surface area contributed by atoms with Crippen molar-refractivity contribution in [3.8, 4) is 5.75 Å². The van der Waals surface area contributed by atoms with Crippen LogP contribution in [0.1, 0.15) is 16.7 Å². The van der Waals surface area contributed by atoms with Crippen LogP contribution in [0.3, 0.4) is 0 Å². The van der Waals surface area contributed by atoms with E-state index in [1.807, 2.05) is 25.1 Å². The van der Waals surface area contributed by atoms with Gasteiger partial charge >= 0.3 is 6.03 Å². The van der Waals surface area contributed by atoms with Crippen LogP contribution in [0.15, 0.2) is 70.7 Å². The average Bonchev–Trinajstić information content (AvgIpc) is 2.83. The maximum absolute atomic E-state index is 13.3. The highest BCUT2D eigenvalue weighted by atomic mass is 79.9. The van der Waals surface area contributed by atoms with E-state index < -0.39 is 17.8 Å². The van der Waals surface area contributed by atoms with E-state index in [1.54, 1.807) is 43.3 Å². The third kappa shape index (κ3) is 6.07. The van der Waals surface area contributed by atoms with Crippen molar-refractivity contribution in [3.05, 3.63) is 92.4 Å². The van der Waals surface area contributed by atoms with Crippen LogP contribution in [0.25, 0.3) is 6.08 Å². The summed E-state index contributed by atoms with van der Waals surface area (Å²) in [5.74, 6) is -1.80. The van der Waals surface area contributed by atoms with Crippen molar-refractivity contribution in [2.24, 2.45) is 0 Å². The van der Waals surface area contributed by atoms with Crippen molar-refractivity contribution in [2.45, 2.75) is 13.8 Å². The molecule has 1 aliphatic rings. The summed E-state index contributed by atoms with van der Waals surface area (Å²) >= 11 is 9.54. The number of amides is 5. The number of aryl methyl sites for hydroxylation is 2. The topological polar surface area (TPSA) is 105 Å². The van der Waals surface area contributed by atoms with Crippen LogP contribution in [-0.2, 0) is 14.4 Å². The van der Waals surface area contributed by atoms with Gasteiger partial charge < -0.3 is 10.1 Å². The zero-order chi connectivity index (χ0) is 26.7. The molecular weight excluding hydrogens is 562 g/mol. The molecule has 3 aromatic rings. The van der Waals surface area contributed by atoms with E-state index in [9.17, 15) is 19.2 Å². The Morgan fingerprint density at radius 3 is 2.59 bits per heavy atom. The molecule has 3 aromatic carbocycles. The van der Waals surface area contributed by atoms with Gasteiger partial charge in [-0.05, 0) is 73.5 Å². The summed E-state index contributed by atoms with van der Waals surface area (Å²) in [6, 6.07) is 16.1. The Kier molecular flexibility index (Phi) is 7.75. The standard InChI is InChI=1S/C27H21BrClN3O5/c1-15-4-3-5-19(10-15)30-24(33)14-37-23-9-7-18(28)11-17(23)12-21-25(34)31-27(36)32(26(21)35)20-8-6-16(2)22(29)13-20/h3-13H,14H2,1-2H3,(H,30,33)(H,31,34,36)/b21-12+. The van der Waals surface area contributed by atoms with Gasteiger partial charge in [0.25, 0.3) is 17.7 Å². The molecule has 0 atom stereocenters. The number of carbonyl (C=O) groups is 4. The Balaban J connectivity index is 1.59. The van der Waals surface area contributed by atoms with Crippen LogP contribution >= 0.6 is 27.5 Å². The SMILES string of the molecule is Cc1cccc(NC(=O)COc2ccc(Br)cc2/C=C2\C(=O)NC(=O)N(c3ccc(C)c(Cl)c3)C2=O)c1. The lowest BCUT2D eigenvalue weighted by molar-refractivity contribution is -0.122. The van der Waals surface area contributed by atoms with Gasteiger partial charge in [0.15, 0.2) is 6.61 Å². The number of hydrogen-bond acceptors (Lipinski definition) is 5. The lowest BCUT2D eigenvalue weighted by Gasteiger charge is -2.26. The lowest BCUT2D eigenvalue weighted by Crippen LogP contribution is -2.54. The molecule has 1 fully saturated rings. The highest BCUT2D eigenvalue weighted by Gasteiger charge is 2.37. The molecule has 37 heavy (non-hydrogen) atoms. The smallest absolute Gasteiger partial charge is 0.335 e. The monoisotopic (exact) mass is 581 g/mol. The minimum atomic E-state index is -0.884. The Labute approximate surface area is 226 Å². The summed E-state index contributed by atoms with van der Waals surface area (Å²) in [6.45, 7) is 3.39. The van der Waals surface area contributed by atoms with Crippen LogP contribution in [0.2, 0.25) is 5.02 Å². The van der Waals surface area contributed by atoms with Gasteiger partial charge in [0, 0.05) is 20.7 Å². The Morgan fingerprint density at radius 2 is 1.86 bits per heavy atom. The molecule has 0 radical (unpaired) electrons. The second-order valence-electron chi connectivity index (χ2n) is 8.28. The number of nitrogens with zero attached hydrogens (tertiary/aromatic N) is 1. The van der Waals surface area contributed by atoms with E-state index in [0.717, 1.165) is 16.0 Å². The summed E-state index contributed by atoms with van der Waals surface area (Å²) in [4.78, 5) is 51.6. The highest BCUT2D eigenvalue weighted by Crippen LogP contribution is 2.29. The van der Waals surface area contributed by atoms with E-state index in [-0.39, 0.29) is 29.5 Å². The number of urea groups is 1. The molecule has 0 spiro atoms. The molecule has 5 amide bonds. The molecule has 1 aliphatic heterocycles. The molecule has 188 valence electrons. The number of anilines is 2. The number of benzene rings is 3. The van der Waals surface area contributed by atoms with E-state index in [2.05, 4.69) is 26.6 Å². The first kappa shape index (κ1) is 26.1. The predicted octanol–water partition coefficient (Wildman–Crippen LogP) is 5.40. The van der Waals surface area contributed by atoms with E-state index in [4.69, 9.17) is 16.3 Å². The molecular formula is C27H21BrClN3O5. The molecule has 0 saturated carbocycles. The molecule has 4 rings (SSSR count). The number of ether oxygens (including phenoxy) is 1. The minimum Gasteiger partial charge on any atom is -0.483 e. The van der Waals surface area contributed by atoms with Crippen molar-refractivity contribution in [1.82, 2.24) is 5.32 Å². The number of hydrogen-bond donors (Lipinski definition) is 2.